The number of rotatable bonds is 2. The highest BCUT2D eigenvalue weighted by Crippen LogP contribution is 2.27. The zero-order valence-corrected chi connectivity index (χ0v) is 9.58. The number of aliphatic hydroxyl groups is 1. The van der Waals surface area contributed by atoms with E-state index in [-0.39, 0.29) is 0 Å². The lowest BCUT2D eigenvalue weighted by molar-refractivity contribution is 0.223. The van der Waals surface area contributed by atoms with Crippen LogP contribution in [0.2, 0.25) is 0 Å². The summed E-state index contributed by atoms with van der Waals surface area (Å²) >= 11 is 1.56. The van der Waals surface area contributed by atoms with E-state index in [4.69, 9.17) is 0 Å². The van der Waals surface area contributed by atoms with E-state index in [1.807, 2.05) is 43.5 Å². The molecule has 0 fully saturated rings. The van der Waals surface area contributed by atoms with Crippen LogP contribution in [0.4, 0.5) is 0 Å². The van der Waals surface area contributed by atoms with E-state index >= 15 is 0 Å². The first-order chi connectivity index (χ1) is 7.18. The van der Waals surface area contributed by atoms with Crippen molar-refractivity contribution < 1.29 is 5.11 Å². The Bertz CT molecular complexity index is 451. The minimum absolute atomic E-state index is 0.543. The topological polar surface area (TPSA) is 33.1 Å². The first-order valence-corrected chi connectivity index (χ1v) is 5.72. The second kappa shape index (κ2) is 4.13. The summed E-state index contributed by atoms with van der Waals surface area (Å²) < 4.78 is 0. The highest BCUT2D eigenvalue weighted by Gasteiger charge is 2.14. The predicted octanol–water partition coefficient (Wildman–Crippen LogP) is 2.84. The second-order valence-corrected chi connectivity index (χ2v) is 4.52. The van der Waals surface area contributed by atoms with Gasteiger partial charge < -0.3 is 5.11 Å². The zero-order chi connectivity index (χ0) is 10.8. The molecule has 0 saturated carbocycles. The Labute approximate surface area is 93.2 Å². The molecule has 0 aliphatic carbocycles. The quantitative estimate of drug-likeness (QED) is 0.842. The summed E-state index contributed by atoms with van der Waals surface area (Å²) in [6.45, 7) is 3.88. The summed E-state index contributed by atoms with van der Waals surface area (Å²) in [5, 5.41) is 12.1. The molecule has 0 aliphatic heterocycles. The van der Waals surface area contributed by atoms with Crippen LogP contribution in [0.1, 0.15) is 27.9 Å². The molecule has 1 unspecified atom stereocenters. The van der Waals surface area contributed by atoms with Gasteiger partial charge in [-0.1, -0.05) is 12.1 Å². The molecule has 0 radical (unpaired) electrons. The number of pyridine rings is 1. The highest BCUT2D eigenvalue weighted by molar-refractivity contribution is 7.10. The average Bonchev–Trinajstić information content (AvgIpc) is 2.69. The van der Waals surface area contributed by atoms with E-state index in [0.717, 1.165) is 21.8 Å². The number of thiophene rings is 1. The van der Waals surface area contributed by atoms with Crippen molar-refractivity contribution in [3.8, 4) is 0 Å². The van der Waals surface area contributed by atoms with Crippen LogP contribution in [-0.2, 0) is 0 Å². The van der Waals surface area contributed by atoms with Crippen LogP contribution in [0.3, 0.4) is 0 Å². The second-order valence-electron chi connectivity index (χ2n) is 3.55. The number of nitrogens with zero attached hydrogens (tertiary/aromatic N) is 1. The molecule has 0 aliphatic rings. The molecular weight excluding hydrogens is 206 g/mol. The van der Waals surface area contributed by atoms with E-state index in [2.05, 4.69) is 4.98 Å². The summed E-state index contributed by atoms with van der Waals surface area (Å²) in [7, 11) is 0. The van der Waals surface area contributed by atoms with Crippen molar-refractivity contribution >= 4 is 11.3 Å². The van der Waals surface area contributed by atoms with Gasteiger partial charge in [-0.2, -0.15) is 0 Å². The Balaban J connectivity index is 2.38. The first-order valence-electron chi connectivity index (χ1n) is 4.84. The lowest BCUT2D eigenvalue weighted by atomic mass is 10.1. The molecule has 2 aromatic rings. The van der Waals surface area contributed by atoms with E-state index in [1.165, 1.54) is 0 Å². The number of hydrogen-bond donors (Lipinski definition) is 1. The molecule has 3 heteroatoms. The molecule has 0 aromatic carbocycles. The number of aliphatic hydroxyl groups excluding tert-OH is 1. The van der Waals surface area contributed by atoms with Crippen LogP contribution in [0.25, 0.3) is 0 Å². The monoisotopic (exact) mass is 219 g/mol. The maximum Gasteiger partial charge on any atom is 0.115 e. The standard InChI is InChI=1S/C12H13NOS/c1-8-5-6-10(9(2)13-8)12(14)11-4-3-7-15-11/h3-7,12,14H,1-2H3. The molecule has 0 amide bonds. The van der Waals surface area contributed by atoms with E-state index in [0.29, 0.717) is 0 Å². The molecule has 2 nitrogen and oxygen atoms in total. The van der Waals surface area contributed by atoms with Gasteiger partial charge in [-0.15, -0.1) is 11.3 Å². The largest absolute Gasteiger partial charge is 0.383 e. The smallest absolute Gasteiger partial charge is 0.115 e. The van der Waals surface area contributed by atoms with Crippen molar-refractivity contribution in [2.45, 2.75) is 20.0 Å². The van der Waals surface area contributed by atoms with Gasteiger partial charge in [-0.3, -0.25) is 4.98 Å². The van der Waals surface area contributed by atoms with Gasteiger partial charge in [0.25, 0.3) is 0 Å². The normalized spacial score (nSPS) is 12.7. The molecule has 1 atom stereocenters. The fraction of sp³-hybridized carbons (Fsp3) is 0.250. The van der Waals surface area contributed by atoms with Gasteiger partial charge in [0.05, 0.1) is 0 Å². The third kappa shape index (κ3) is 2.08. The molecule has 2 heterocycles. The van der Waals surface area contributed by atoms with Gasteiger partial charge >= 0.3 is 0 Å². The Kier molecular flexibility index (Phi) is 2.84. The Morgan fingerprint density at radius 2 is 2.07 bits per heavy atom. The SMILES string of the molecule is Cc1ccc(C(O)c2cccs2)c(C)n1. The van der Waals surface area contributed by atoms with Gasteiger partial charge in [0.15, 0.2) is 0 Å². The molecule has 2 aromatic heterocycles. The van der Waals surface area contributed by atoms with Crippen LogP contribution >= 0.6 is 11.3 Å². The van der Waals surface area contributed by atoms with E-state index in [9.17, 15) is 5.11 Å². The fourth-order valence-electron chi connectivity index (χ4n) is 1.59. The van der Waals surface area contributed by atoms with Crippen LogP contribution in [0.15, 0.2) is 29.6 Å². The van der Waals surface area contributed by atoms with Gasteiger partial charge in [-0.05, 0) is 31.4 Å². The molecule has 78 valence electrons. The molecule has 2 rings (SSSR count). The third-order valence-electron chi connectivity index (χ3n) is 2.37. The van der Waals surface area contributed by atoms with E-state index in [1.54, 1.807) is 11.3 Å². The Morgan fingerprint density at radius 1 is 1.27 bits per heavy atom. The highest BCUT2D eigenvalue weighted by atomic mass is 32.1. The molecule has 0 bridgehead atoms. The molecular formula is C12H13NOS. The van der Waals surface area contributed by atoms with Crippen LogP contribution in [0, 0.1) is 13.8 Å². The van der Waals surface area contributed by atoms with Crippen molar-refractivity contribution in [1.82, 2.24) is 4.98 Å². The molecule has 0 saturated heterocycles. The maximum atomic E-state index is 10.1. The van der Waals surface area contributed by atoms with Crippen molar-refractivity contribution in [3.05, 3.63) is 51.5 Å². The molecule has 15 heavy (non-hydrogen) atoms. The van der Waals surface area contributed by atoms with Crippen LogP contribution in [0.5, 0.6) is 0 Å². The summed E-state index contributed by atoms with van der Waals surface area (Å²) in [5.41, 5.74) is 2.77. The number of aromatic nitrogens is 1. The van der Waals surface area contributed by atoms with Gasteiger partial charge in [-0.25, -0.2) is 0 Å². The van der Waals surface area contributed by atoms with Crippen LogP contribution < -0.4 is 0 Å². The average molecular weight is 219 g/mol. The maximum absolute atomic E-state index is 10.1. The summed E-state index contributed by atoms with van der Waals surface area (Å²) in [5.74, 6) is 0. The van der Waals surface area contributed by atoms with Crippen molar-refractivity contribution in [2.24, 2.45) is 0 Å². The summed E-state index contributed by atoms with van der Waals surface area (Å²) in [6, 6.07) is 7.76. The van der Waals surface area contributed by atoms with Crippen LogP contribution in [-0.4, -0.2) is 10.1 Å². The predicted molar refractivity (Wildman–Crippen MR) is 62.1 cm³/mol. The lowest BCUT2D eigenvalue weighted by Crippen LogP contribution is -2.02. The first kappa shape index (κ1) is 10.3. The fourth-order valence-corrected chi connectivity index (χ4v) is 2.31. The number of aryl methyl sites for hydroxylation is 2. The van der Waals surface area contributed by atoms with Gasteiger partial charge in [0, 0.05) is 21.8 Å². The van der Waals surface area contributed by atoms with Gasteiger partial charge in [0.2, 0.25) is 0 Å². The zero-order valence-electron chi connectivity index (χ0n) is 8.77. The summed E-state index contributed by atoms with van der Waals surface area (Å²) in [6.07, 6.45) is -0.543. The molecule has 1 N–H and O–H groups in total. The third-order valence-corrected chi connectivity index (χ3v) is 3.30. The van der Waals surface area contributed by atoms with Crippen molar-refractivity contribution in [2.75, 3.05) is 0 Å². The lowest BCUT2D eigenvalue weighted by Gasteiger charge is -2.11. The summed E-state index contributed by atoms with van der Waals surface area (Å²) in [4.78, 5) is 5.31. The molecule has 0 spiro atoms. The minimum Gasteiger partial charge on any atom is -0.383 e. The minimum atomic E-state index is -0.543. The number of hydrogen-bond acceptors (Lipinski definition) is 3. The van der Waals surface area contributed by atoms with E-state index < -0.39 is 6.10 Å². The van der Waals surface area contributed by atoms with Crippen molar-refractivity contribution in [1.29, 1.82) is 0 Å². The van der Waals surface area contributed by atoms with Crippen molar-refractivity contribution in [3.63, 3.8) is 0 Å². The Morgan fingerprint density at radius 3 is 2.67 bits per heavy atom. The Hall–Kier alpha value is -1.19. The van der Waals surface area contributed by atoms with Gasteiger partial charge in [0.1, 0.15) is 6.10 Å².